The molecule has 0 atom stereocenters. The molecule has 0 unspecified atom stereocenters. The number of fused-ring (bicyclic) bond motifs is 11. The minimum atomic E-state index is 1.28. The van der Waals surface area contributed by atoms with Gasteiger partial charge in [0, 0.05) is 9.75 Å². The van der Waals surface area contributed by atoms with Crippen LogP contribution in [0.5, 0.6) is 0 Å². The molecule has 2 heterocycles. The Bertz CT molecular complexity index is 1930. The summed E-state index contributed by atoms with van der Waals surface area (Å²) in [6.45, 7) is 0. The molecular formula is C34H20S2. The number of thiophene rings is 2. The normalized spacial score (nSPS) is 11.9. The first kappa shape index (κ1) is 20.2. The molecule has 2 heteroatoms. The molecule has 0 spiro atoms. The van der Waals surface area contributed by atoms with Gasteiger partial charge < -0.3 is 0 Å². The third-order valence-electron chi connectivity index (χ3n) is 7.41. The van der Waals surface area contributed by atoms with Crippen molar-refractivity contribution in [3.8, 4) is 20.9 Å². The second kappa shape index (κ2) is 7.76. The second-order valence-electron chi connectivity index (χ2n) is 9.32. The Kier molecular flexibility index (Phi) is 4.36. The summed E-state index contributed by atoms with van der Waals surface area (Å²) in [5, 5.41) is 17.6. The number of hydrogen-bond acceptors (Lipinski definition) is 2. The Morgan fingerprint density at radius 1 is 0.333 bits per heavy atom. The summed E-state index contributed by atoms with van der Waals surface area (Å²) in [6, 6.07) is 40.6. The van der Waals surface area contributed by atoms with Crippen LogP contribution in [0.25, 0.3) is 74.7 Å². The van der Waals surface area contributed by atoms with Gasteiger partial charge in [0.15, 0.2) is 0 Å². The highest BCUT2D eigenvalue weighted by atomic mass is 32.1. The lowest BCUT2D eigenvalue weighted by Crippen LogP contribution is -1.89. The van der Waals surface area contributed by atoms with E-state index >= 15 is 0 Å². The van der Waals surface area contributed by atoms with Gasteiger partial charge in [-0.15, -0.1) is 22.7 Å². The highest BCUT2D eigenvalue weighted by Gasteiger charge is 2.17. The fourth-order valence-corrected chi connectivity index (χ4v) is 7.31. The molecule has 0 fully saturated rings. The van der Waals surface area contributed by atoms with Gasteiger partial charge in [0.05, 0.1) is 0 Å². The molecule has 0 amide bonds. The lowest BCUT2D eigenvalue weighted by Gasteiger charge is -2.17. The Morgan fingerprint density at radius 3 is 1.17 bits per heavy atom. The summed E-state index contributed by atoms with van der Waals surface area (Å²) in [4.78, 5) is 2.62. The van der Waals surface area contributed by atoms with Crippen molar-refractivity contribution in [2.24, 2.45) is 0 Å². The molecule has 0 bridgehead atoms. The monoisotopic (exact) mass is 492 g/mol. The van der Waals surface area contributed by atoms with Crippen LogP contribution in [0.4, 0.5) is 0 Å². The van der Waals surface area contributed by atoms with E-state index in [1.54, 1.807) is 22.7 Å². The first-order valence-electron chi connectivity index (χ1n) is 12.2. The van der Waals surface area contributed by atoms with Crippen LogP contribution in [0.3, 0.4) is 0 Å². The van der Waals surface area contributed by atoms with Crippen molar-refractivity contribution in [1.29, 1.82) is 0 Å². The zero-order chi connectivity index (χ0) is 23.6. The van der Waals surface area contributed by atoms with Crippen LogP contribution in [0.2, 0.25) is 0 Å². The van der Waals surface area contributed by atoms with Crippen LogP contribution in [0.1, 0.15) is 0 Å². The molecule has 0 radical (unpaired) electrons. The van der Waals surface area contributed by atoms with E-state index in [1.807, 2.05) is 0 Å². The fourth-order valence-electron chi connectivity index (χ4n) is 5.86. The van der Waals surface area contributed by atoms with E-state index < -0.39 is 0 Å². The van der Waals surface area contributed by atoms with E-state index in [-0.39, 0.29) is 0 Å². The Hall–Kier alpha value is -3.98. The summed E-state index contributed by atoms with van der Waals surface area (Å²) in [6.07, 6.45) is 0. The van der Waals surface area contributed by atoms with Gasteiger partial charge in [0.2, 0.25) is 0 Å². The van der Waals surface area contributed by atoms with Gasteiger partial charge in [-0.3, -0.25) is 0 Å². The second-order valence-corrected chi connectivity index (χ2v) is 11.2. The van der Waals surface area contributed by atoms with Crippen molar-refractivity contribution in [1.82, 2.24) is 0 Å². The lowest BCUT2D eigenvalue weighted by atomic mass is 9.86. The standard InChI is InChI=1S/C34H20S2/c1-3-9-27-23(7-1)25-15-13-21(31-11-5-17-35-31)19-29(25)34-28-10-4-2-8-24(28)26-16-14-22(20-30(26)33(27)34)32-12-6-18-36-32/h1-20H. The molecule has 6 aromatic carbocycles. The van der Waals surface area contributed by atoms with Gasteiger partial charge in [-0.1, -0.05) is 84.9 Å². The van der Waals surface area contributed by atoms with Gasteiger partial charge in [-0.25, -0.2) is 0 Å². The van der Waals surface area contributed by atoms with E-state index in [4.69, 9.17) is 0 Å². The van der Waals surface area contributed by atoms with E-state index in [1.165, 1.54) is 74.7 Å². The number of hydrogen-bond donors (Lipinski definition) is 0. The largest absolute Gasteiger partial charge is 0.144 e. The van der Waals surface area contributed by atoms with Crippen molar-refractivity contribution in [2.75, 3.05) is 0 Å². The Morgan fingerprint density at radius 2 is 0.750 bits per heavy atom. The summed E-state index contributed by atoms with van der Waals surface area (Å²) in [7, 11) is 0. The average molecular weight is 493 g/mol. The molecule has 0 aliphatic rings. The quantitative estimate of drug-likeness (QED) is 0.211. The minimum absolute atomic E-state index is 1.28. The number of benzene rings is 6. The molecule has 0 aliphatic heterocycles. The van der Waals surface area contributed by atoms with E-state index in [0.717, 1.165) is 0 Å². The van der Waals surface area contributed by atoms with Crippen LogP contribution < -0.4 is 0 Å². The van der Waals surface area contributed by atoms with Crippen molar-refractivity contribution in [2.45, 2.75) is 0 Å². The smallest absolute Gasteiger partial charge is 0.0342 e. The van der Waals surface area contributed by atoms with Gasteiger partial charge in [0.25, 0.3) is 0 Å². The maximum atomic E-state index is 2.41. The van der Waals surface area contributed by atoms with Crippen LogP contribution in [0, 0.1) is 0 Å². The molecule has 8 aromatic rings. The number of rotatable bonds is 2. The molecular weight excluding hydrogens is 473 g/mol. The Labute approximate surface area is 216 Å². The zero-order valence-electron chi connectivity index (χ0n) is 19.4. The molecule has 168 valence electrons. The van der Waals surface area contributed by atoms with Crippen molar-refractivity contribution >= 4 is 76.5 Å². The summed E-state index contributed by atoms with van der Waals surface area (Å²) in [5.41, 5.74) is 2.57. The summed E-state index contributed by atoms with van der Waals surface area (Å²) in [5.74, 6) is 0. The van der Waals surface area contributed by atoms with Gasteiger partial charge in [-0.05, 0) is 100 Å². The maximum absolute atomic E-state index is 2.41. The molecule has 36 heavy (non-hydrogen) atoms. The van der Waals surface area contributed by atoms with Crippen LogP contribution in [-0.4, -0.2) is 0 Å². The molecule has 0 saturated heterocycles. The van der Waals surface area contributed by atoms with Crippen molar-refractivity contribution < 1.29 is 0 Å². The highest BCUT2D eigenvalue weighted by molar-refractivity contribution is 7.13. The minimum Gasteiger partial charge on any atom is -0.144 e. The van der Waals surface area contributed by atoms with Gasteiger partial charge in [0.1, 0.15) is 0 Å². The van der Waals surface area contributed by atoms with E-state index in [0.29, 0.717) is 0 Å². The first-order chi connectivity index (χ1) is 17.9. The summed E-state index contributed by atoms with van der Waals surface area (Å²) >= 11 is 3.60. The predicted octanol–water partition coefficient (Wildman–Crippen LogP) is 10.9. The Balaban J connectivity index is 1.67. The third kappa shape index (κ3) is 2.86. The maximum Gasteiger partial charge on any atom is 0.0342 e. The van der Waals surface area contributed by atoms with Crippen LogP contribution >= 0.6 is 22.7 Å². The van der Waals surface area contributed by atoms with E-state index in [9.17, 15) is 0 Å². The lowest BCUT2D eigenvalue weighted by molar-refractivity contribution is 1.76. The van der Waals surface area contributed by atoms with Crippen LogP contribution in [-0.2, 0) is 0 Å². The SMILES string of the molecule is c1csc(-c2ccc3c4ccccc4c4c5cc(-c6cccs6)ccc5c5ccccc5c4c3c2)c1. The zero-order valence-corrected chi connectivity index (χ0v) is 21.0. The third-order valence-corrected chi connectivity index (χ3v) is 9.25. The van der Waals surface area contributed by atoms with Crippen molar-refractivity contribution in [3.05, 3.63) is 120 Å². The topological polar surface area (TPSA) is 0 Å². The summed E-state index contributed by atoms with van der Waals surface area (Å²) < 4.78 is 0. The van der Waals surface area contributed by atoms with Gasteiger partial charge >= 0.3 is 0 Å². The average Bonchev–Trinajstić information content (AvgIpc) is 3.67. The molecule has 0 saturated carbocycles. The molecule has 0 nitrogen and oxygen atoms in total. The predicted molar refractivity (Wildman–Crippen MR) is 161 cm³/mol. The molecule has 0 aliphatic carbocycles. The van der Waals surface area contributed by atoms with E-state index in [2.05, 4.69) is 120 Å². The van der Waals surface area contributed by atoms with Crippen LogP contribution in [0.15, 0.2) is 120 Å². The molecule has 0 N–H and O–H groups in total. The molecule has 2 aromatic heterocycles. The fraction of sp³-hybridized carbons (Fsp3) is 0. The highest BCUT2D eigenvalue weighted by Crippen LogP contribution is 2.45. The first-order valence-corrected chi connectivity index (χ1v) is 13.9. The van der Waals surface area contributed by atoms with Crippen molar-refractivity contribution in [3.63, 3.8) is 0 Å². The molecule has 8 rings (SSSR count). The van der Waals surface area contributed by atoms with Gasteiger partial charge in [-0.2, -0.15) is 0 Å².